The van der Waals surface area contributed by atoms with Crippen LogP contribution in [0.15, 0.2) is 21.9 Å². The van der Waals surface area contributed by atoms with Crippen molar-refractivity contribution in [3.63, 3.8) is 0 Å². The topological polar surface area (TPSA) is 97.6 Å². The minimum absolute atomic E-state index is 0.0802. The quantitative estimate of drug-likeness (QED) is 0.726. The van der Waals surface area contributed by atoms with Gasteiger partial charge in [-0.1, -0.05) is 25.3 Å². The van der Waals surface area contributed by atoms with Crippen molar-refractivity contribution >= 4 is 23.3 Å². The molecule has 3 fully saturated rings. The molecule has 30 heavy (non-hydrogen) atoms. The van der Waals surface area contributed by atoms with Crippen molar-refractivity contribution in [2.24, 2.45) is 5.92 Å². The second kappa shape index (κ2) is 8.37. The summed E-state index contributed by atoms with van der Waals surface area (Å²) in [6, 6.07) is 3.51. The van der Waals surface area contributed by atoms with E-state index in [9.17, 15) is 9.59 Å². The van der Waals surface area contributed by atoms with Gasteiger partial charge in [0.1, 0.15) is 6.04 Å². The number of hydrogen-bond acceptors (Lipinski definition) is 7. The molecule has 160 valence electrons. The van der Waals surface area contributed by atoms with E-state index in [1.54, 1.807) is 4.90 Å². The molecule has 3 aliphatic rings. The molecule has 0 unspecified atom stereocenters. The summed E-state index contributed by atoms with van der Waals surface area (Å²) in [6.45, 7) is -0.0802. The Kier molecular flexibility index (Phi) is 5.45. The number of carbonyl (C=O) groups excluding carboxylic acids is 2. The standard InChI is InChI=1S/C21H26N4O4S/c26-20(28-12-17-23-24-19(29-17)16-7-4-10-30-16)18-13-8-9-15(11-13)25(18)21(27)22-14-5-2-1-3-6-14/h4,7,10,13-15,18H,1-3,5-6,8-9,11-12H2,(H,22,27)/t13-,15-,18+/m0/s1. The van der Waals surface area contributed by atoms with Crippen LogP contribution in [0.25, 0.3) is 10.8 Å². The van der Waals surface area contributed by atoms with Gasteiger partial charge >= 0.3 is 12.0 Å². The minimum atomic E-state index is -0.521. The zero-order valence-electron chi connectivity index (χ0n) is 16.8. The number of hydrogen-bond donors (Lipinski definition) is 1. The highest BCUT2D eigenvalue weighted by molar-refractivity contribution is 7.13. The molecule has 0 aromatic carbocycles. The van der Waals surface area contributed by atoms with Crippen LogP contribution in [-0.2, 0) is 16.1 Å². The van der Waals surface area contributed by atoms with Gasteiger partial charge < -0.3 is 19.4 Å². The highest BCUT2D eigenvalue weighted by Crippen LogP contribution is 2.43. The van der Waals surface area contributed by atoms with Crippen molar-refractivity contribution in [2.75, 3.05) is 0 Å². The fourth-order valence-electron chi connectivity index (χ4n) is 5.11. The smallest absolute Gasteiger partial charge is 0.329 e. The van der Waals surface area contributed by atoms with Crippen LogP contribution in [-0.4, -0.2) is 45.2 Å². The maximum atomic E-state index is 13.0. The van der Waals surface area contributed by atoms with Gasteiger partial charge in [-0.2, -0.15) is 0 Å². The van der Waals surface area contributed by atoms with E-state index in [0.717, 1.165) is 49.8 Å². The predicted octanol–water partition coefficient (Wildman–Crippen LogP) is 3.74. The van der Waals surface area contributed by atoms with Gasteiger partial charge in [0, 0.05) is 12.1 Å². The number of fused-ring (bicyclic) bond motifs is 2. The molecule has 1 aliphatic heterocycles. The van der Waals surface area contributed by atoms with Gasteiger partial charge in [0.2, 0.25) is 0 Å². The number of amides is 2. The third kappa shape index (κ3) is 3.82. The second-order valence-corrected chi connectivity index (χ2v) is 9.40. The normalized spacial score (nSPS) is 26.1. The van der Waals surface area contributed by atoms with Crippen molar-refractivity contribution in [1.82, 2.24) is 20.4 Å². The van der Waals surface area contributed by atoms with Gasteiger partial charge in [0.25, 0.3) is 11.8 Å². The van der Waals surface area contributed by atoms with Crippen molar-refractivity contribution in [3.05, 3.63) is 23.4 Å². The molecule has 9 heteroatoms. The number of rotatable bonds is 5. The maximum absolute atomic E-state index is 13.0. The number of ether oxygens (including phenoxy) is 1. The first-order valence-corrected chi connectivity index (χ1v) is 11.7. The highest BCUT2D eigenvalue weighted by atomic mass is 32.1. The lowest BCUT2D eigenvalue weighted by molar-refractivity contribution is -0.152. The summed E-state index contributed by atoms with van der Waals surface area (Å²) in [6.07, 6.45) is 8.38. The Morgan fingerprint density at radius 2 is 2.07 bits per heavy atom. The van der Waals surface area contributed by atoms with Crippen LogP contribution in [0.3, 0.4) is 0 Å². The second-order valence-electron chi connectivity index (χ2n) is 8.45. The molecule has 2 aromatic heterocycles. The molecule has 0 spiro atoms. The van der Waals surface area contributed by atoms with Gasteiger partial charge in [0.05, 0.1) is 4.88 Å². The van der Waals surface area contributed by atoms with Crippen molar-refractivity contribution in [2.45, 2.75) is 76.1 Å². The van der Waals surface area contributed by atoms with Crippen LogP contribution in [0.1, 0.15) is 57.3 Å². The first-order chi connectivity index (χ1) is 14.7. The van der Waals surface area contributed by atoms with Crippen molar-refractivity contribution in [3.8, 4) is 10.8 Å². The van der Waals surface area contributed by atoms with Crippen LogP contribution < -0.4 is 5.32 Å². The predicted molar refractivity (Wildman–Crippen MR) is 110 cm³/mol. The van der Waals surface area contributed by atoms with Gasteiger partial charge in [-0.05, 0) is 49.5 Å². The first kappa shape index (κ1) is 19.5. The summed E-state index contributed by atoms with van der Waals surface area (Å²) in [5, 5.41) is 13.1. The SMILES string of the molecule is O=C(OCc1nnc(-c2cccs2)o1)[C@H]1[C@H]2CC[C@@H](C2)N1C(=O)NC1CCCCC1. The van der Waals surface area contributed by atoms with E-state index < -0.39 is 6.04 Å². The molecule has 1 saturated heterocycles. The number of carbonyl (C=O) groups is 2. The molecule has 2 amide bonds. The monoisotopic (exact) mass is 430 g/mol. The lowest BCUT2D eigenvalue weighted by atomic mass is 9.95. The number of nitrogens with zero attached hydrogens (tertiary/aromatic N) is 3. The zero-order valence-corrected chi connectivity index (χ0v) is 17.6. The molecule has 3 atom stereocenters. The summed E-state index contributed by atoms with van der Waals surface area (Å²) >= 11 is 1.50. The molecule has 1 N–H and O–H groups in total. The molecule has 8 nitrogen and oxygen atoms in total. The molecular formula is C21H26N4O4S. The number of piperidine rings is 1. The molecule has 2 bridgehead atoms. The number of thiophene rings is 1. The number of esters is 1. The molecule has 3 heterocycles. The average Bonchev–Trinajstić information content (AvgIpc) is 3.56. The van der Waals surface area contributed by atoms with E-state index >= 15 is 0 Å². The Balaban J connectivity index is 1.22. The molecule has 2 aliphatic carbocycles. The fraction of sp³-hybridized carbons (Fsp3) is 0.619. The Morgan fingerprint density at radius 3 is 2.87 bits per heavy atom. The van der Waals surface area contributed by atoms with E-state index in [4.69, 9.17) is 9.15 Å². The summed E-state index contributed by atoms with van der Waals surface area (Å²) in [4.78, 5) is 28.5. The average molecular weight is 431 g/mol. The van der Waals surface area contributed by atoms with E-state index in [0.29, 0.717) is 5.89 Å². The van der Waals surface area contributed by atoms with Gasteiger partial charge in [-0.25, -0.2) is 9.59 Å². The summed E-state index contributed by atoms with van der Waals surface area (Å²) in [5.74, 6) is 0.471. The molecule has 2 saturated carbocycles. The van der Waals surface area contributed by atoms with Crippen LogP contribution in [0, 0.1) is 5.92 Å². The summed E-state index contributed by atoms with van der Waals surface area (Å²) in [5.41, 5.74) is 0. The number of urea groups is 1. The van der Waals surface area contributed by atoms with Crippen LogP contribution >= 0.6 is 11.3 Å². The third-order valence-corrected chi connectivity index (χ3v) is 7.39. The van der Waals surface area contributed by atoms with E-state index in [-0.39, 0.29) is 42.5 Å². The van der Waals surface area contributed by atoms with E-state index in [1.807, 2.05) is 17.5 Å². The lowest BCUT2D eigenvalue weighted by Gasteiger charge is -2.35. The van der Waals surface area contributed by atoms with Crippen molar-refractivity contribution < 1.29 is 18.7 Å². The fourth-order valence-corrected chi connectivity index (χ4v) is 5.75. The Hall–Kier alpha value is -2.42. The Morgan fingerprint density at radius 1 is 1.20 bits per heavy atom. The molecular weight excluding hydrogens is 404 g/mol. The molecule has 0 radical (unpaired) electrons. The number of aromatic nitrogens is 2. The Bertz CT molecular complexity index is 893. The highest BCUT2D eigenvalue weighted by Gasteiger charge is 2.52. The maximum Gasteiger partial charge on any atom is 0.329 e. The molecule has 2 aromatic rings. The van der Waals surface area contributed by atoms with Gasteiger partial charge in [-0.3, -0.25) is 0 Å². The summed E-state index contributed by atoms with van der Waals surface area (Å²) < 4.78 is 11.1. The lowest BCUT2D eigenvalue weighted by Crippen LogP contribution is -2.55. The zero-order chi connectivity index (χ0) is 20.5. The van der Waals surface area contributed by atoms with Crippen LogP contribution in [0.4, 0.5) is 4.79 Å². The molecule has 5 rings (SSSR count). The summed E-state index contributed by atoms with van der Waals surface area (Å²) in [7, 11) is 0. The van der Waals surface area contributed by atoms with E-state index in [1.165, 1.54) is 17.8 Å². The van der Waals surface area contributed by atoms with Crippen LogP contribution in [0.2, 0.25) is 0 Å². The minimum Gasteiger partial charge on any atom is -0.454 e. The number of nitrogens with one attached hydrogen (secondary N) is 1. The third-order valence-electron chi connectivity index (χ3n) is 6.53. The van der Waals surface area contributed by atoms with Crippen molar-refractivity contribution in [1.29, 1.82) is 0 Å². The van der Waals surface area contributed by atoms with Crippen LogP contribution in [0.5, 0.6) is 0 Å². The van der Waals surface area contributed by atoms with E-state index in [2.05, 4.69) is 15.5 Å². The van der Waals surface area contributed by atoms with Gasteiger partial charge in [0.15, 0.2) is 6.61 Å². The Labute approximate surface area is 179 Å². The van der Waals surface area contributed by atoms with Gasteiger partial charge in [-0.15, -0.1) is 21.5 Å². The largest absolute Gasteiger partial charge is 0.454 e. The first-order valence-electron chi connectivity index (χ1n) is 10.8. The number of likely N-dealkylation sites (tertiary alicyclic amines) is 1.